The second-order valence-corrected chi connectivity index (χ2v) is 4.65. The lowest BCUT2D eigenvalue weighted by molar-refractivity contribution is 0.431. The smallest absolute Gasteiger partial charge is 0.0340 e. The molecule has 1 aromatic rings. The molecule has 2 heteroatoms. The van der Waals surface area contributed by atoms with E-state index in [9.17, 15) is 0 Å². The standard InChI is InChI=1S/C13H20N2/c1-13(2,3)15-10-5-4-7-12-8-6-9-14-11-12/h4,6-9,11,15H,5,10H2,1-3H3. The van der Waals surface area contributed by atoms with Gasteiger partial charge in [-0.3, -0.25) is 4.98 Å². The predicted molar refractivity (Wildman–Crippen MR) is 65.6 cm³/mol. The van der Waals surface area contributed by atoms with Crippen LogP contribution in [0.1, 0.15) is 32.8 Å². The minimum Gasteiger partial charge on any atom is -0.312 e. The van der Waals surface area contributed by atoms with Gasteiger partial charge in [0, 0.05) is 17.9 Å². The van der Waals surface area contributed by atoms with E-state index in [2.05, 4.69) is 49.3 Å². The van der Waals surface area contributed by atoms with Gasteiger partial charge in [-0.25, -0.2) is 0 Å². The van der Waals surface area contributed by atoms with Crippen molar-refractivity contribution in [2.75, 3.05) is 6.54 Å². The summed E-state index contributed by atoms with van der Waals surface area (Å²) in [6.45, 7) is 7.55. The van der Waals surface area contributed by atoms with Crippen molar-refractivity contribution in [3.63, 3.8) is 0 Å². The van der Waals surface area contributed by atoms with Gasteiger partial charge in [0.25, 0.3) is 0 Å². The maximum Gasteiger partial charge on any atom is 0.0340 e. The molecular weight excluding hydrogens is 184 g/mol. The Morgan fingerprint density at radius 2 is 2.20 bits per heavy atom. The first-order chi connectivity index (χ1) is 7.08. The van der Waals surface area contributed by atoms with Crippen LogP contribution in [0.3, 0.4) is 0 Å². The van der Waals surface area contributed by atoms with Gasteiger partial charge in [-0.15, -0.1) is 0 Å². The summed E-state index contributed by atoms with van der Waals surface area (Å²) in [6.07, 6.45) is 8.99. The molecular formula is C13H20N2. The SMILES string of the molecule is CC(C)(C)NCCC=Cc1cccnc1. The normalized spacial score (nSPS) is 12.2. The maximum atomic E-state index is 4.06. The molecule has 82 valence electrons. The second kappa shape index (κ2) is 5.66. The summed E-state index contributed by atoms with van der Waals surface area (Å²) in [5.41, 5.74) is 1.37. The molecule has 2 nitrogen and oxygen atoms in total. The maximum absolute atomic E-state index is 4.06. The summed E-state index contributed by atoms with van der Waals surface area (Å²) in [7, 11) is 0. The predicted octanol–water partition coefficient (Wildman–Crippen LogP) is 2.87. The minimum atomic E-state index is 0.210. The summed E-state index contributed by atoms with van der Waals surface area (Å²) in [5, 5.41) is 3.44. The Labute approximate surface area is 92.4 Å². The zero-order valence-corrected chi connectivity index (χ0v) is 9.83. The number of nitrogens with one attached hydrogen (secondary N) is 1. The van der Waals surface area contributed by atoms with Crippen LogP contribution >= 0.6 is 0 Å². The molecule has 0 aliphatic carbocycles. The van der Waals surface area contributed by atoms with Gasteiger partial charge in [-0.05, 0) is 45.4 Å². The van der Waals surface area contributed by atoms with E-state index in [1.54, 1.807) is 6.20 Å². The first-order valence-corrected chi connectivity index (χ1v) is 5.39. The lowest BCUT2D eigenvalue weighted by atomic mass is 10.1. The summed E-state index contributed by atoms with van der Waals surface area (Å²) in [5.74, 6) is 0. The van der Waals surface area contributed by atoms with Gasteiger partial charge in [-0.1, -0.05) is 18.2 Å². The Morgan fingerprint density at radius 3 is 2.80 bits per heavy atom. The molecule has 0 unspecified atom stereocenters. The van der Waals surface area contributed by atoms with Crippen LogP contribution in [0.15, 0.2) is 30.6 Å². The van der Waals surface area contributed by atoms with Crippen molar-refractivity contribution in [3.8, 4) is 0 Å². The van der Waals surface area contributed by atoms with Crippen molar-refractivity contribution in [1.82, 2.24) is 10.3 Å². The van der Waals surface area contributed by atoms with Crippen molar-refractivity contribution in [3.05, 3.63) is 36.2 Å². The fraction of sp³-hybridized carbons (Fsp3) is 0.462. The highest BCUT2D eigenvalue weighted by molar-refractivity contribution is 5.47. The van der Waals surface area contributed by atoms with Crippen molar-refractivity contribution in [1.29, 1.82) is 0 Å². The van der Waals surface area contributed by atoms with Crippen LogP contribution in [-0.2, 0) is 0 Å². The van der Waals surface area contributed by atoms with E-state index in [0.717, 1.165) is 18.5 Å². The average Bonchev–Trinajstić information content (AvgIpc) is 2.17. The number of aromatic nitrogens is 1. The molecule has 1 heterocycles. The van der Waals surface area contributed by atoms with Crippen LogP contribution in [0.5, 0.6) is 0 Å². The Bertz CT molecular complexity index is 296. The molecule has 1 N–H and O–H groups in total. The molecule has 0 spiro atoms. The molecule has 0 atom stereocenters. The lowest BCUT2D eigenvalue weighted by Crippen LogP contribution is -2.36. The first kappa shape index (κ1) is 11.9. The summed E-state index contributed by atoms with van der Waals surface area (Å²) >= 11 is 0. The number of hydrogen-bond donors (Lipinski definition) is 1. The highest BCUT2D eigenvalue weighted by Crippen LogP contribution is 2.01. The van der Waals surface area contributed by atoms with Gasteiger partial charge in [0.1, 0.15) is 0 Å². The Balaban J connectivity index is 2.24. The van der Waals surface area contributed by atoms with Crippen LogP contribution in [0, 0.1) is 0 Å². The van der Waals surface area contributed by atoms with Gasteiger partial charge >= 0.3 is 0 Å². The van der Waals surface area contributed by atoms with Crippen LogP contribution in [-0.4, -0.2) is 17.1 Å². The zero-order valence-electron chi connectivity index (χ0n) is 9.83. The fourth-order valence-corrected chi connectivity index (χ4v) is 1.22. The van der Waals surface area contributed by atoms with E-state index in [0.29, 0.717) is 0 Å². The van der Waals surface area contributed by atoms with E-state index in [-0.39, 0.29) is 5.54 Å². The first-order valence-electron chi connectivity index (χ1n) is 5.39. The fourth-order valence-electron chi connectivity index (χ4n) is 1.22. The molecule has 0 fully saturated rings. The summed E-state index contributed by atoms with van der Waals surface area (Å²) < 4.78 is 0. The largest absolute Gasteiger partial charge is 0.312 e. The molecule has 0 aliphatic rings. The van der Waals surface area contributed by atoms with Crippen LogP contribution in [0.2, 0.25) is 0 Å². The number of nitrogens with zero attached hydrogens (tertiary/aromatic N) is 1. The van der Waals surface area contributed by atoms with E-state index < -0.39 is 0 Å². The molecule has 1 aromatic heterocycles. The summed E-state index contributed by atoms with van der Waals surface area (Å²) in [4.78, 5) is 4.06. The van der Waals surface area contributed by atoms with Crippen LogP contribution in [0.25, 0.3) is 6.08 Å². The third kappa shape index (κ3) is 6.02. The Morgan fingerprint density at radius 1 is 1.40 bits per heavy atom. The van der Waals surface area contributed by atoms with Crippen molar-refractivity contribution in [2.45, 2.75) is 32.7 Å². The minimum absolute atomic E-state index is 0.210. The third-order valence-corrected chi connectivity index (χ3v) is 1.96. The highest BCUT2D eigenvalue weighted by atomic mass is 14.9. The number of pyridine rings is 1. The topological polar surface area (TPSA) is 24.9 Å². The molecule has 0 radical (unpaired) electrons. The third-order valence-electron chi connectivity index (χ3n) is 1.96. The Hall–Kier alpha value is -1.15. The lowest BCUT2D eigenvalue weighted by Gasteiger charge is -2.19. The summed E-state index contributed by atoms with van der Waals surface area (Å²) in [6, 6.07) is 4.01. The molecule has 0 saturated carbocycles. The quantitative estimate of drug-likeness (QED) is 0.763. The van der Waals surface area contributed by atoms with E-state index in [4.69, 9.17) is 0 Å². The number of hydrogen-bond acceptors (Lipinski definition) is 2. The van der Waals surface area contributed by atoms with Gasteiger partial charge in [0.05, 0.1) is 0 Å². The van der Waals surface area contributed by atoms with Gasteiger partial charge < -0.3 is 5.32 Å². The molecule has 0 saturated heterocycles. The van der Waals surface area contributed by atoms with Crippen molar-refractivity contribution < 1.29 is 0 Å². The van der Waals surface area contributed by atoms with Gasteiger partial charge in [0.15, 0.2) is 0 Å². The van der Waals surface area contributed by atoms with E-state index in [1.807, 2.05) is 12.3 Å². The zero-order chi connectivity index (χ0) is 11.1. The monoisotopic (exact) mass is 204 g/mol. The number of rotatable bonds is 4. The van der Waals surface area contributed by atoms with Crippen molar-refractivity contribution in [2.24, 2.45) is 0 Å². The molecule has 1 rings (SSSR count). The molecule has 0 bridgehead atoms. The van der Waals surface area contributed by atoms with E-state index in [1.165, 1.54) is 0 Å². The molecule has 0 amide bonds. The average molecular weight is 204 g/mol. The molecule has 0 aromatic carbocycles. The van der Waals surface area contributed by atoms with Gasteiger partial charge in [0.2, 0.25) is 0 Å². The van der Waals surface area contributed by atoms with Crippen molar-refractivity contribution >= 4 is 6.08 Å². The van der Waals surface area contributed by atoms with Crippen LogP contribution in [0.4, 0.5) is 0 Å². The highest BCUT2D eigenvalue weighted by Gasteiger charge is 2.05. The second-order valence-electron chi connectivity index (χ2n) is 4.65. The molecule has 0 aliphatic heterocycles. The van der Waals surface area contributed by atoms with Crippen LogP contribution < -0.4 is 5.32 Å². The molecule has 15 heavy (non-hydrogen) atoms. The van der Waals surface area contributed by atoms with E-state index >= 15 is 0 Å². The van der Waals surface area contributed by atoms with Gasteiger partial charge in [-0.2, -0.15) is 0 Å². The Kier molecular flexibility index (Phi) is 4.50.